The molecule has 2 aromatic carbocycles. The molecule has 0 radical (unpaired) electrons. The van der Waals surface area contributed by atoms with Gasteiger partial charge in [0.05, 0.1) is 13.2 Å². The van der Waals surface area contributed by atoms with Gasteiger partial charge in [-0.15, -0.1) is 23.2 Å². The van der Waals surface area contributed by atoms with Gasteiger partial charge in [0.25, 0.3) is 0 Å². The maximum atomic E-state index is 6.10. The van der Waals surface area contributed by atoms with Gasteiger partial charge in [0, 0.05) is 22.5 Å². The van der Waals surface area contributed by atoms with Gasteiger partial charge in [-0.3, -0.25) is 0 Å². The Morgan fingerprint density at radius 2 is 1.36 bits per heavy atom. The first kappa shape index (κ1) is 20.2. The smallest absolute Gasteiger partial charge is 0.130 e. The quantitative estimate of drug-likeness (QED) is 0.299. The molecule has 0 amide bonds. The zero-order valence-corrected chi connectivity index (χ0v) is 16.5. The second kappa shape index (κ2) is 11.5. The van der Waals surface area contributed by atoms with Crippen molar-refractivity contribution < 1.29 is 9.47 Å². The summed E-state index contributed by atoms with van der Waals surface area (Å²) in [6.07, 6.45) is 6.34. The minimum atomic E-state index is 0.721. The van der Waals surface area contributed by atoms with Crippen molar-refractivity contribution in [1.82, 2.24) is 0 Å². The second-order valence-corrected chi connectivity index (χ2v) is 7.02. The first-order valence-electron chi connectivity index (χ1n) is 9.17. The minimum Gasteiger partial charge on any atom is -0.493 e. The summed E-state index contributed by atoms with van der Waals surface area (Å²) in [7, 11) is 0. The summed E-state index contributed by atoms with van der Waals surface area (Å²) in [6.45, 7) is 3.53. The lowest BCUT2D eigenvalue weighted by molar-refractivity contribution is 0.302. The van der Waals surface area contributed by atoms with Gasteiger partial charge < -0.3 is 9.47 Å². The molecule has 138 valence electrons. The molecule has 4 heteroatoms. The highest BCUT2D eigenvalue weighted by molar-refractivity contribution is 6.18. The zero-order chi connectivity index (χ0) is 17.9. The van der Waals surface area contributed by atoms with Crippen LogP contribution in [0.3, 0.4) is 0 Å². The summed E-state index contributed by atoms with van der Waals surface area (Å²) in [5, 5.41) is 2.23. The summed E-state index contributed by atoms with van der Waals surface area (Å²) in [4.78, 5) is 0. The number of hydrogen-bond acceptors (Lipinski definition) is 2. The molecule has 0 aliphatic heterocycles. The predicted octanol–water partition coefficient (Wildman–Crippen LogP) is 6.72. The lowest BCUT2D eigenvalue weighted by atomic mass is 10.0. The summed E-state index contributed by atoms with van der Waals surface area (Å²) in [5.41, 5.74) is 1.12. The van der Waals surface area contributed by atoms with Crippen LogP contribution in [0, 0.1) is 6.92 Å². The van der Waals surface area contributed by atoms with Crippen LogP contribution in [0.15, 0.2) is 30.3 Å². The highest BCUT2D eigenvalue weighted by Gasteiger charge is 2.11. The topological polar surface area (TPSA) is 18.5 Å². The average Bonchev–Trinajstić information content (AvgIpc) is 2.63. The van der Waals surface area contributed by atoms with Gasteiger partial charge in [-0.05, 0) is 57.1 Å². The summed E-state index contributed by atoms with van der Waals surface area (Å²) in [6, 6.07) is 10.4. The molecule has 2 aromatic rings. The Morgan fingerprint density at radius 1 is 0.760 bits per heavy atom. The third-order valence-corrected chi connectivity index (χ3v) is 4.74. The van der Waals surface area contributed by atoms with E-state index in [1.165, 1.54) is 0 Å². The fourth-order valence-electron chi connectivity index (χ4n) is 2.86. The molecule has 0 aliphatic carbocycles. The molecule has 0 unspecified atom stereocenters. The third kappa shape index (κ3) is 6.27. The molecular formula is C21H28Cl2O2. The third-order valence-electron chi connectivity index (χ3n) is 4.20. The van der Waals surface area contributed by atoms with E-state index < -0.39 is 0 Å². The number of aryl methyl sites for hydroxylation is 1. The average molecular weight is 383 g/mol. The van der Waals surface area contributed by atoms with Crippen LogP contribution in [0.1, 0.15) is 44.1 Å². The second-order valence-electron chi connectivity index (χ2n) is 6.26. The first-order valence-corrected chi connectivity index (χ1v) is 10.2. The van der Waals surface area contributed by atoms with E-state index in [1.807, 2.05) is 12.1 Å². The lowest BCUT2D eigenvalue weighted by Gasteiger charge is -2.16. The molecule has 0 N–H and O–H groups in total. The van der Waals surface area contributed by atoms with Crippen LogP contribution in [-0.4, -0.2) is 25.0 Å². The van der Waals surface area contributed by atoms with Crippen LogP contribution in [0.5, 0.6) is 11.5 Å². The number of halogens is 2. The number of rotatable bonds is 12. The maximum Gasteiger partial charge on any atom is 0.130 e. The van der Waals surface area contributed by atoms with Gasteiger partial charge in [-0.2, -0.15) is 0 Å². The number of ether oxygens (including phenoxy) is 2. The molecule has 0 aromatic heterocycles. The number of hydrogen-bond donors (Lipinski definition) is 0. The number of benzene rings is 2. The van der Waals surface area contributed by atoms with E-state index in [1.54, 1.807) is 0 Å². The maximum absolute atomic E-state index is 6.10. The fraction of sp³-hybridized carbons (Fsp3) is 0.524. The van der Waals surface area contributed by atoms with Crippen LogP contribution < -0.4 is 9.47 Å². The largest absolute Gasteiger partial charge is 0.493 e. The van der Waals surface area contributed by atoms with Gasteiger partial charge in [-0.25, -0.2) is 0 Å². The van der Waals surface area contributed by atoms with Crippen molar-refractivity contribution in [3.63, 3.8) is 0 Å². The molecule has 2 nitrogen and oxygen atoms in total. The van der Waals surface area contributed by atoms with E-state index in [4.69, 9.17) is 32.7 Å². The number of fused-ring (bicyclic) bond motifs is 1. The van der Waals surface area contributed by atoms with Gasteiger partial charge in [-0.1, -0.05) is 24.3 Å². The van der Waals surface area contributed by atoms with Crippen molar-refractivity contribution in [1.29, 1.82) is 0 Å². The first-order chi connectivity index (χ1) is 12.3. The van der Waals surface area contributed by atoms with Crippen LogP contribution in [0.2, 0.25) is 0 Å². The highest BCUT2D eigenvalue weighted by Crippen LogP contribution is 2.36. The summed E-state index contributed by atoms with van der Waals surface area (Å²) < 4.78 is 12.1. The van der Waals surface area contributed by atoms with E-state index in [-0.39, 0.29) is 0 Å². The summed E-state index contributed by atoms with van der Waals surface area (Å²) in [5.74, 6) is 3.35. The molecule has 0 spiro atoms. The Hall–Kier alpha value is -1.12. The zero-order valence-electron chi connectivity index (χ0n) is 15.0. The Bertz CT molecular complexity index is 643. The van der Waals surface area contributed by atoms with Crippen molar-refractivity contribution in [2.75, 3.05) is 25.0 Å². The van der Waals surface area contributed by atoms with Gasteiger partial charge in [0.2, 0.25) is 0 Å². The van der Waals surface area contributed by atoms with Crippen molar-refractivity contribution in [2.45, 2.75) is 45.4 Å². The molecule has 0 aliphatic rings. The molecule has 0 bridgehead atoms. The van der Waals surface area contributed by atoms with Crippen molar-refractivity contribution in [2.24, 2.45) is 0 Å². The van der Waals surface area contributed by atoms with Crippen LogP contribution in [-0.2, 0) is 0 Å². The molecule has 2 rings (SSSR count). The van der Waals surface area contributed by atoms with Crippen LogP contribution >= 0.6 is 23.2 Å². The van der Waals surface area contributed by atoms with Gasteiger partial charge in [0.15, 0.2) is 0 Å². The predicted molar refractivity (Wildman–Crippen MR) is 109 cm³/mol. The Kier molecular flexibility index (Phi) is 9.28. The summed E-state index contributed by atoms with van der Waals surface area (Å²) >= 11 is 11.4. The van der Waals surface area contributed by atoms with E-state index in [0.29, 0.717) is 0 Å². The van der Waals surface area contributed by atoms with E-state index in [2.05, 4.69) is 25.1 Å². The monoisotopic (exact) mass is 382 g/mol. The van der Waals surface area contributed by atoms with Crippen molar-refractivity contribution >= 4 is 34.0 Å². The normalized spacial score (nSPS) is 11.0. The fourth-order valence-corrected chi connectivity index (χ4v) is 3.24. The highest BCUT2D eigenvalue weighted by atomic mass is 35.5. The molecule has 0 heterocycles. The van der Waals surface area contributed by atoms with Crippen LogP contribution in [0.4, 0.5) is 0 Å². The number of unbranched alkanes of at least 4 members (excludes halogenated alkanes) is 4. The lowest BCUT2D eigenvalue weighted by Crippen LogP contribution is -2.02. The van der Waals surface area contributed by atoms with Crippen molar-refractivity contribution in [3.8, 4) is 11.5 Å². The number of alkyl halides is 2. The minimum absolute atomic E-state index is 0.721. The van der Waals surface area contributed by atoms with Gasteiger partial charge >= 0.3 is 0 Å². The Morgan fingerprint density at radius 3 is 2.00 bits per heavy atom. The van der Waals surface area contributed by atoms with Gasteiger partial charge in [0.1, 0.15) is 11.5 Å². The van der Waals surface area contributed by atoms with E-state index in [0.717, 1.165) is 91.3 Å². The SMILES string of the molecule is Cc1cc(OCCCCCCl)c2ccccc2c1OCCCCCCl. The van der Waals surface area contributed by atoms with Crippen LogP contribution in [0.25, 0.3) is 10.8 Å². The van der Waals surface area contributed by atoms with E-state index >= 15 is 0 Å². The molecule has 0 fully saturated rings. The molecule has 0 saturated heterocycles. The standard InChI is InChI=1S/C21H28Cl2O2/c1-17-16-20(24-14-8-2-6-12-22)18-10-4-5-11-19(18)21(17)25-15-9-3-7-13-23/h4-5,10-11,16H,2-3,6-9,12-15H2,1H3. The van der Waals surface area contributed by atoms with Crippen molar-refractivity contribution in [3.05, 3.63) is 35.9 Å². The Balaban J connectivity index is 2.07. The Labute approximate surface area is 161 Å². The molecule has 25 heavy (non-hydrogen) atoms. The van der Waals surface area contributed by atoms with E-state index in [9.17, 15) is 0 Å². The molecular weight excluding hydrogens is 355 g/mol. The molecule has 0 saturated carbocycles. The molecule has 0 atom stereocenters.